The molecule has 1 atom stereocenters. The van der Waals surface area contributed by atoms with Crippen molar-refractivity contribution in [3.8, 4) is 0 Å². The topological polar surface area (TPSA) is 70.2 Å². The zero-order valence-corrected chi connectivity index (χ0v) is 12.0. The third-order valence-corrected chi connectivity index (χ3v) is 4.02. The minimum absolute atomic E-state index is 0.0541. The highest BCUT2D eigenvalue weighted by Gasteiger charge is 2.29. The maximum Gasteiger partial charge on any atom is 0.227 e. The summed E-state index contributed by atoms with van der Waals surface area (Å²) in [5.41, 5.74) is 1.56. The van der Waals surface area contributed by atoms with Gasteiger partial charge in [-0.1, -0.05) is 0 Å². The van der Waals surface area contributed by atoms with E-state index < -0.39 is 0 Å². The molecule has 1 saturated carbocycles. The molecule has 0 radical (unpaired) electrons. The van der Waals surface area contributed by atoms with Crippen molar-refractivity contribution in [2.24, 2.45) is 11.8 Å². The van der Waals surface area contributed by atoms with E-state index in [1.54, 1.807) is 0 Å². The fourth-order valence-electron chi connectivity index (χ4n) is 2.59. The van der Waals surface area contributed by atoms with Crippen LogP contribution in [0.15, 0.2) is 24.3 Å². The molecular formula is C16H21N3O2. The second kappa shape index (κ2) is 6.26. The molecule has 112 valence electrons. The average molecular weight is 287 g/mol. The highest BCUT2D eigenvalue weighted by Crippen LogP contribution is 2.30. The minimum Gasteiger partial charge on any atom is -0.326 e. The van der Waals surface area contributed by atoms with Gasteiger partial charge in [0, 0.05) is 23.7 Å². The fourth-order valence-corrected chi connectivity index (χ4v) is 2.59. The molecule has 3 rings (SSSR count). The van der Waals surface area contributed by atoms with Crippen molar-refractivity contribution >= 4 is 23.2 Å². The molecule has 2 amide bonds. The number of benzene rings is 1. The van der Waals surface area contributed by atoms with E-state index in [-0.39, 0.29) is 17.7 Å². The molecular weight excluding hydrogens is 266 g/mol. The first-order chi connectivity index (χ1) is 10.2. The van der Waals surface area contributed by atoms with Crippen molar-refractivity contribution in [3.63, 3.8) is 0 Å². The lowest BCUT2D eigenvalue weighted by Crippen LogP contribution is -2.18. The molecule has 1 aromatic rings. The molecule has 1 aliphatic heterocycles. The zero-order valence-electron chi connectivity index (χ0n) is 12.0. The Balaban J connectivity index is 1.48. The first-order valence-electron chi connectivity index (χ1n) is 7.62. The summed E-state index contributed by atoms with van der Waals surface area (Å²) in [5, 5.41) is 9.05. The third kappa shape index (κ3) is 4.04. The molecule has 3 N–H and O–H groups in total. The molecule has 1 saturated heterocycles. The van der Waals surface area contributed by atoms with Crippen molar-refractivity contribution in [2.75, 3.05) is 23.7 Å². The maximum absolute atomic E-state index is 11.9. The second-order valence-electron chi connectivity index (χ2n) is 5.95. The van der Waals surface area contributed by atoms with Crippen molar-refractivity contribution in [2.45, 2.75) is 25.7 Å². The van der Waals surface area contributed by atoms with E-state index in [9.17, 15) is 9.59 Å². The Morgan fingerprint density at radius 3 is 2.29 bits per heavy atom. The van der Waals surface area contributed by atoms with E-state index in [0.29, 0.717) is 12.3 Å². The number of anilines is 2. The molecule has 2 aliphatic rings. The first-order valence-corrected chi connectivity index (χ1v) is 7.62. The zero-order chi connectivity index (χ0) is 14.7. The molecule has 0 aromatic heterocycles. The molecule has 1 aromatic carbocycles. The molecule has 2 fully saturated rings. The van der Waals surface area contributed by atoms with Crippen LogP contribution in [0.3, 0.4) is 0 Å². The van der Waals surface area contributed by atoms with Gasteiger partial charge in [-0.2, -0.15) is 0 Å². The van der Waals surface area contributed by atoms with Gasteiger partial charge in [-0.05, 0) is 62.5 Å². The number of hydrogen-bond donors (Lipinski definition) is 3. The monoisotopic (exact) mass is 287 g/mol. The number of rotatable bonds is 5. The van der Waals surface area contributed by atoms with Gasteiger partial charge in [0.25, 0.3) is 0 Å². The Bertz CT molecular complexity index is 517. The normalized spacial score (nSPS) is 21.0. The van der Waals surface area contributed by atoms with Gasteiger partial charge >= 0.3 is 0 Å². The minimum atomic E-state index is 0.0541. The van der Waals surface area contributed by atoms with Gasteiger partial charge in [0.2, 0.25) is 11.8 Å². The van der Waals surface area contributed by atoms with Crippen LogP contribution in [0.2, 0.25) is 0 Å². The van der Waals surface area contributed by atoms with Crippen LogP contribution in [0, 0.1) is 11.8 Å². The van der Waals surface area contributed by atoms with Gasteiger partial charge in [0.15, 0.2) is 0 Å². The van der Waals surface area contributed by atoms with E-state index in [4.69, 9.17) is 0 Å². The van der Waals surface area contributed by atoms with Gasteiger partial charge in [-0.3, -0.25) is 9.59 Å². The quantitative estimate of drug-likeness (QED) is 0.775. The lowest BCUT2D eigenvalue weighted by Gasteiger charge is -2.10. The highest BCUT2D eigenvalue weighted by atomic mass is 16.2. The first kappa shape index (κ1) is 14.1. The van der Waals surface area contributed by atoms with E-state index in [2.05, 4.69) is 16.0 Å². The summed E-state index contributed by atoms with van der Waals surface area (Å²) in [7, 11) is 0. The van der Waals surface area contributed by atoms with Crippen molar-refractivity contribution in [1.29, 1.82) is 0 Å². The van der Waals surface area contributed by atoms with Crippen LogP contribution in [-0.2, 0) is 9.59 Å². The smallest absolute Gasteiger partial charge is 0.227 e. The van der Waals surface area contributed by atoms with Gasteiger partial charge in [0.1, 0.15) is 0 Å². The summed E-state index contributed by atoms with van der Waals surface area (Å²) in [4.78, 5) is 23.6. The lowest BCUT2D eigenvalue weighted by molar-refractivity contribution is -0.118. The third-order valence-electron chi connectivity index (χ3n) is 4.02. The van der Waals surface area contributed by atoms with E-state index in [1.165, 1.54) is 0 Å². The van der Waals surface area contributed by atoms with Crippen LogP contribution in [0.1, 0.15) is 25.7 Å². The van der Waals surface area contributed by atoms with Crippen LogP contribution >= 0.6 is 0 Å². The highest BCUT2D eigenvalue weighted by molar-refractivity contribution is 5.95. The van der Waals surface area contributed by atoms with E-state index in [0.717, 1.165) is 43.7 Å². The maximum atomic E-state index is 11.9. The molecule has 5 nitrogen and oxygen atoms in total. The van der Waals surface area contributed by atoms with Gasteiger partial charge in [0.05, 0.1) is 0 Å². The van der Waals surface area contributed by atoms with Gasteiger partial charge in [-0.15, -0.1) is 0 Å². The van der Waals surface area contributed by atoms with Crippen molar-refractivity contribution in [1.82, 2.24) is 5.32 Å². The summed E-state index contributed by atoms with van der Waals surface area (Å²) in [6.07, 6.45) is 3.62. The summed E-state index contributed by atoms with van der Waals surface area (Å²) >= 11 is 0. The van der Waals surface area contributed by atoms with Gasteiger partial charge < -0.3 is 16.0 Å². The van der Waals surface area contributed by atoms with E-state index >= 15 is 0 Å². The SMILES string of the molecule is O=C(CC1CCNC1)Nc1ccc(NC(=O)C2CC2)cc1. The Labute approximate surface area is 124 Å². The fraction of sp³-hybridized carbons (Fsp3) is 0.500. The number of hydrogen-bond acceptors (Lipinski definition) is 3. The van der Waals surface area contributed by atoms with Crippen LogP contribution in [0.5, 0.6) is 0 Å². The molecule has 1 heterocycles. The average Bonchev–Trinajstić information content (AvgIpc) is 3.20. The summed E-state index contributed by atoms with van der Waals surface area (Å²) in [6.45, 7) is 1.94. The number of carbonyl (C=O) groups is 2. The van der Waals surface area contributed by atoms with Crippen molar-refractivity contribution in [3.05, 3.63) is 24.3 Å². The Morgan fingerprint density at radius 2 is 1.71 bits per heavy atom. The van der Waals surface area contributed by atoms with E-state index in [1.807, 2.05) is 24.3 Å². The predicted molar refractivity (Wildman–Crippen MR) is 82.0 cm³/mol. The second-order valence-corrected chi connectivity index (χ2v) is 5.95. The van der Waals surface area contributed by atoms with Crippen molar-refractivity contribution < 1.29 is 9.59 Å². The summed E-state index contributed by atoms with van der Waals surface area (Å²) < 4.78 is 0. The predicted octanol–water partition coefficient (Wildman–Crippen LogP) is 1.97. The number of nitrogens with one attached hydrogen (secondary N) is 3. The summed E-state index contributed by atoms with van der Waals surface area (Å²) in [5.74, 6) is 0.797. The van der Waals surface area contributed by atoms with Crippen LogP contribution in [0.4, 0.5) is 11.4 Å². The van der Waals surface area contributed by atoms with Crippen LogP contribution in [0.25, 0.3) is 0 Å². The molecule has 0 spiro atoms. The van der Waals surface area contributed by atoms with Crippen LogP contribution in [-0.4, -0.2) is 24.9 Å². The molecule has 5 heteroatoms. The molecule has 21 heavy (non-hydrogen) atoms. The van der Waals surface area contributed by atoms with Gasteiger partial charge in [-0.25, -0.2) is 0 Å². The van der Waals surface area contributed by atoms with Crippen LogP contribution < -0.4 is 16.0 Å². The Kier molecular flexibility index (Phi) is 4.20. The number of carbonyl (C=O) groups excluding carboxylic acids is 2. The standard InChI is InChI=1S/C16H21N3O2/c20-15(9-11-7-8-17-10-11)18-13-3-5-14(6-4-13)19-16(21)12-1-2-12/h3-6,11-12,17H,1-2,7-10H2,(H,18,20)(H,19,21). The Morgan fingerprint density at radius 1 is 1.05 bits per heavy atom. The summed E-state index contributed by atoms with van der Waals surface area (Å²) in [6, 6.07) is 7.31. The molecule has 1 aliphatic carbocycles. The molecule has 1 unspecified atom stereocenters. The lowest BCUT2D eigenvalue weighted by atomic mass is 10.0. The number of amides is 2. The molecule has 0 bridgehead atoms. The Hall–Kier alpha value is -1.88. The largest absolute Gasteiger partial charge is 0.326 e.